The lowest BCUT2D eigenvalue weighted by molar-refractivity contribution is -0.114. The van der Waals surface area contributed by atoms with Crippen LogP contribution in [0.25, 0.3) is 0 Å². The van der Waals surface area contributed by atoms with Crippen molar-refractivity contribution in [2.75, 3.05) is 16.0 Å². The molecule has 0 aliphatic rings. The lowest BCUT2D eigenvalue weighted by Gasteiger charge is -2.11. The standard InChI is InChI=1S/C21H21N5O2/c1-13-10-20(24-19-9-5-8-18(12-19)23-15(3)28)26-21(22-13)25-17-7-4-6-16(11-17)14(2)27/h4-12H,1-3H3,(H,23,28)(H2,22,24,25,26). The van der Waals surface area contributed by atoms with Crippen LogP contribution in [0.5, 0.6) is 0 Å². The van der Waals surface area contributed by atoms with Crippen molar-refractivity contribution in [2.45, 2.75) is 20.8 Å². The van der Waals surface area contributed by atoms with Crippen molar-refractivity contribution in [2.24, 2.45) is 0 Å². The molecule has 0 saturated heterocycles. The Bertz CT molecular complexity index is 1030. The molecule has 7 heteroatoms. The normalized spacial score (nSPS) is 10.2. The summed E-state index contributed by atoms with van der Waals surface area (Å²) in [6.45, 7) is 4.87. The zero-order valence-corrected chi connectivity index (χ0v) is 15.9. The van der Waals surface area contributed by atoms with Gasteiger partial charge in [-0.1, -0.05) is 18.2 Å². The van der Waals surface area contributed by atoms with E-state index in [4.69, 9.17) is 0 Å². The summed E-state index contributed by atoms with van der Waals surface area (Å²) in [6, 6.07) is 16.4. The highest BCUT2D eigenvalue weighted by molar-refractivity contribution is 5.95. The Hall–Kier alpha value is -3.74. The highest BCUT2D eigenvalue weighted by atomic mass is 16.1. The zero-order chi connectivity index (χ0) is 20.1. The molecule has 0 spiro atoms. The summed E-state index contributed by atoms with van der Waals surface area (Å²) in [5, 5.41) is 9.10. The van der Waals surface area contributed by atoms with Crippen LogP contribution in [0, 0.1) is 6.92 Å². The smallest absolute Gasteiger partial charge is 0.229 e. The molecule has 1 amide bonds. The van der Waals surface area contributed by atoms with Crippen molar-refractivity contribution in [1.29, 1.82) is 0 Å². The molecule has 7 nitrogen and oxygen atoms in total. The number of anilines is 5. The van der Waals surface area contributed by atoms with E-state index in [0.717, 1.165) is 17.1 Å². The molecule has 3 N–H and O–H groups in total. The number of amides is 1. The van der Waals surface area contributed by atoms with Gasteiger partial charge in [0.05, 0.1) is 0 Å². The highest BCUT2D eigenvalue weighted by Gasteiger charge is 2.06. The predicted molar refractivity (Wildman–Crippen MR) is 111 cm³/mol. The van der Waals surface area contributed by atoms with Crippen molar-refractivity contribution in [3.05, 3.63) is 65.9 Å². The number of hydrogen-bond acceptors (Lipinski definition) is 6. The molecule has 0 unspecified atom stereocenters. The second-order valence-electron chi connectivity index (χ2n) is 6.37. The second-order valence-corrected chi connectivity index (χ2v) is 6.37. The number of aryl methyl sites for hydroxylation is 1. The van der Waals surface area contributed by atoms with Gasteiger partial charge in [0.1, 0.15) is 5.82 Å². The van der Waals surface area contributed by atoms with Crippen LogP contribution >= 0.6 is 0 Å². The molecule has 28 heavy (non-hydrogen) atoms. The number of rotatable bonds is 6. The maximum atomic E-state index is 11.6. The fraction of sp³-hybridized carbons (Fsp3) is 0.143. The van der Waals surface area contributed by atoms with Gasteiger partial charge in [0.25, 0.3) is 0 Å². The molecule has 3 aromatic rings. The minimum Gasteiger partial charge on any atom is -0.340 e. The average molecular weight is 375 g/mol. The predicted octanol–water partition coefficient (Wildman–Crippen LogP) is 4.43. The maximum Gasteiger partial charge on any atom is 0.229 e. The molecule has 0 atom stereocenters. The third-order valence-corrected chi connectivity index (χ3v) is 3.83. The molecule has 0 fully saturated rings. The van der Waals surface area contributed by atoms with E-state index in [0.29, 0.717) is 23.0 Å². The molecular formula is C21H21N5O2. The summed E-state index contributed by atoms with van der Waals surface area (Å²) < 4.78 is 0. The molecular weight excluding hydrogens is 354 g/mol. The molecule has 142 valence electrons. The number of aromatic nitrogens is 2. The van der Waals surface area contributed by atoms with Gasteiger partial charge < -0.3 is 16.0 Å². The molecule has 3 rings (SSSR count). The molecule has 1 aromatic heterocycles. The van der Waals surface area contributed by atoms with Crippen LogP contribution in [0.2, 0.25) is 0 Å². The van der Waals surface area contributed by atoms with Crippen LogP contribution in [0.15, 0.2) is 54.6 Å². The molecule has 0 saturated carbocycles. The first-order valence-electron chi connectivity index (χ1n) is 8.77. The zero-order valence-electron chi connectivity index (χ0n) is 15.9. The average Bonchev–Trinajstić information content (AvgIpc) is 2.61. The van der Waals surface area contributed by atoms with Gasteiger partial charge in [-0.05, 0) is 44.2 Å². The van der Waals surface area contributed by atoms with Crippen LogP contribution < -0.4 is 16.0 Å². The molecule has 2 aromatic carbocycles. The van der Waals surface area contributed by atoms with E-state index in [2.05, 4.69) is 25.9 Å². The molecule has 0 bridgehead atoms. The number of nitrogens with zero attached hydrogens (tertiary/aromatic N) is 2. The number of ketones is 1. The number of carbonyl (C=O) groups is 2. The maximum absolute atomic E-state index is 11.6. The summed E-state index contributed by atoms with van der Waals surface area (Å²) in [7, 11) is 0. The van der Waals surface area contributed by atoms with E-state index >= 15 is 0 Å². The fourth-order valence-corrected chi connectivity index (χ4v) is 2.66. The third kappa shape index (κ3) is 5.14. The van der Waals surface area contributed by atoms with Gasteiger partial charge in [-0.15, -0.1) is 0 Å². The first-order chi connectivity index (χ1) is 13.4. The van der Waals surface area contributed by atoms with Crippen molar-refractivity contribution >= 4 is 40.5 Å². The van der Waals surface area contributed by atoms with Gasteiger partial charge in [-0.25, -0.2) is 4.98 Å². The minimum atomic E-state index is -0.130. The minimum absolute atomic E-state index is 0.00443. The van der Waals surface area contributed by atoms with Gasteiger partial charge in [-0.3, -0.25) is 9.59 Å². The Labute approximate surface area is 163 Å². The number of Topliss-reactive ketones (excluding diaryl/α,β-unsaturated/α-hetero) is 1. The van der Waals surface area contributed by atoms with E-state index in [1.165, 1.54) is 13.8 Å². The third-order valence-electron chi connectivity index (χ3n) is 3.83. The van der Waals surface area contributed by atoms with E-state index in [-0.39, 0.29) is 11.7 Å². The van der Waals surface area contributed by atoms with Gasteiger partial charge in [-0.2, -0.15) is 4.98 Å². The SMILES string of the molecule is CC(=O)Nc1cccc(Nc2cc(C)nc(Nc3cccc(C(C)=O)c3)n2)c1. The van der Waals surface area contributed by atoms with E-state index in [1.807, 2.05) is 49.4 Å². The summed E-state index contributed by atoms with van der Waals surface area (Å²) in [5.74, 6) is 0.892. The lowest BCUT2D eigenvalue weighted by atomic mass is 10.1. The fourth-order valence-electron chi connectivity index (χ4n) is 2.66. The van der Waals surface area contributed by atoms with Gasteiger partial charge >= 0.3 is 0 Å². The Kier molecular flexibility index (Phi) is 5.64. The Morgan fingerprint density at radius 2 is 1.50 bits per heavy atom. The summed E-state index contributed by atoms with van der Waals surface area (Å²) in [5.41, 5.74) is 3.61. The number of nitrogens with one attached hydrogen (secondary N) is 3. The molecule has 0 aliphatic heterocycles. The van der Waals surface area contributed by atoms with E-state index in [9.17, 15) is 9.59 Å². The molecule has 0 radical (unpaired) electrons. The summed E-state index contributed by atoms with van der Waals surface area (Å²) in [4.78, 5) is 31.7. The van der Waals surface area contributed by atoms with Crippen molar-refractivity contribution in [3.63, 3.8) is 0 Å². The second kappa shape index (κ2) is 8.30. The van der Waals surface area contributed by atoms with Crippen molar-refractivity contribution < 1.29 is 9.59 Å². The van der Waals surface area contributed by atoms with Crippen LogP contribution in [-0.2, 0) is 4.79 Å². The summed E-state index contributed by atoms with van der Waals surface area (Å²) >= 11 is 0. The van der Waals surface area contributed by atoms with Crippen LogP contribution in [0.3, 0.4) is 0 Å². The Morgan fingerprint density at radius 1 is 0.821 bits per heavy atom. The number of benzene rings is 2. The largest absolute Gasteiger partial charge is 0.340 e. The van der Waals surface area contributed by atoms with Crippen LogP contribution in [-0.4, -0.2) is 21.7 Å². The Morgan fingerprint density at radius 3 is 2.21 bits per heavy atom. The van der Waals surface area contributed by atoms with E-state index in [1.54, 1.807) is 12.1 Å². The first-order valence-corrected chi connectivity index (χ1v) is 8.77. The lowest BCUT2D eigenvalue weighted by Crippen LogP contribution is -2.06. The van der Waals surface area contributed by atoms with Crippen LogP contribution in [0.4, 0.5) is 28.8 Å². The van der Waals surface area contributed by atoms with Gasteiger partial charge in [0.15, 0.2) is 5.78 Å². The highest BCUT2D eigenvalue weighted by Crippen LogP contribution is 2.22. The molecule has 0 aliphatic carbocycles. The number of carbonyl (C=O) groups excluding carboxylic acids is 2. The van der Waals surface area contributed by atoms with Gasteiger partial charge in [0.2, 0.25) is 11.9 Å². The van der Waals surface area contributed by atoms with E-state index < -0.39 is 0 Å². The monoisotopic (exact) mass is 375 g/mol. The van der Waals surface area contributed by atoms with Crippen LogP contribution in [0.1, 0.15) is 29.9 Å². The topological polar surface area (TPSA) is 96.0 Å². The first kappa shape index (κ1) is 19.0. The quantitative estimate of drug-likeness (QED) is 0.552. The summed E-state index contributed by atoms with van der Waals surface area (Å²) in [6.07, 6.45) is 0. The molecule has 1 heterocycles. The number of hydrogen-bond donors (Lipinski definition) is 3. The van der Waals surface area contributed by atoms with Crippen molar-refractivity contribution in [3.8, 4) is 0 Å². The van der Waals surface area contributed by atoms with Crippen molar-refractivity contribution in [1.82, 2.24) is 9.97 Å². The van der Waals surface area contributed by atoms with Gasteiger partial charge in [0, 0.05) is 41.3 Å². The Balaban J connectivity index is 1.81.